The molecule has 0 amide bonds. The Kier molecular flexibility index (Phi) is 15.9. The molecule has 14 heteroatoms. The summed E-state index contributed by atoms with van der Waals surface area (Å²) in [5.41, 5.74) is 0.772. The number of nitrogens with one attached hydrogen (secondary N) is 2. The topological polar surface area (TPSA) is 161 Å². The van der Waals surface area contributed by atoms with Crippen molar-refractivity contribution in [1.82, 2.24) is 18.2 Å². The monoisotopic (exact) mass is 695 g/mol. The number of nitro benzene ring substituents is 1. The highest BCUT2D eigenvalue weighted by atomic mass is 32.2. The van der Waals surface area contributed by atoms with Crippen molar-refractivity contribution in [2.24, 2.45) is 11.8 Å². The third-order valence-corrected chi connectivity index (χ3v) is 12.0. The lowest BCUT2D eigenvalue weighted by Crippen LogP contribution is -2.25. The van der Waals surface area contributed by atoms with E-state index in [2.05, 4.69) is 32.0 Å². The number of nitro groups is 1. The molecule has 11 nitrogen and oxygen atoms in total. The van der Waals surface area contributed by atoms with Crippen molar-refractivity contribution in [3.05, 3.63) is 52.6 Å². The zero-order valence-corrected chi connectivity index (χ0v) is 29.5. The molecule has 1 aromatic heterocycles. The van der Waals surface area contributed by atoms with E-state index in [0.717, 1.165) is 69.2 Å². The standard InChI is InChI=1S/C32H49N5O6S3/c1-3-4-9-17-27(18-11-6-8-12-23-33-45(40,41)29-20-14-19-28(25-29)37(38)39)26(2)16-10-5-7-13-24-34-46(42,43)31-22-15-21-30-32(31)36-44-35-30/h14-15,19-22,25-27,33-34H,3-13,16-18,23-24H2,1-2H3. The molecule has 2 unspecified atom stereocenters. The Morgan fingerprint density at radius 3 is 2.07 bits per heavy atom. The lowest BCUT2D eigenvalue weighted by molar-refractivity contribution is -0.385. The number of nitrogens with zero attached hydrogens (tertiary/aromatic N) is 3. The Morgan fingerprint density at radius 1 is 0.783 bits per heavy atom. The number of rotatable bonds is 24. The Bertz CT molecular complexity index is 1580. The van der Waals surface area contributed by atoms with Crippen LogP contribution in [0.4, 0.5) is 5.69 Å². The van der Waals surface area contributed by atoms with Crippen molar-refractivity contribution in [1.29, 1.82) is 0 Å². The van der Waals surface area contributed by atoms with Crippen molar-refractivity contribution in [2.45, 2.75) is 114 Å². The van der Waals surface area contributed by atoms with Crippen LogP contribution in [0.25, 0.3) is 11.0 Å². The summed E-state index contributed by atoms with van der Waals surface area (Å²) in [6, 6.07) is 10.1. The molecule has 0 bridgehead atoms. The molecule has 2 aromatic carbocycles. The van der Waals surface area contributed by atoms with E-state index >= 15 is 0 Å². The van der Waals surface area contributed by atoms with E-state index < -0.39 is 25.0 Å². The fourth-order valence-electron chi connectivity index (χ4n) is 5.77. The van der Waals surface area contributed by atoms with Gasteiger partial charge in [0.05, 0.1) is 21.5 Å². The SMILES string of the molecule is CCCCCC(CCCCCCNS(=O)(=O)c1cccc([N+](=O)[O-])c1)C(C)CCCCCCNS(=O)(=O)c1cccc2nsnc12. The van der Waals surface area contributed by atoms with Gasteiger partial charge in [0.25, 0.3) is 5.69 Å². The summed E-state index contributed by atoms with van der Waals surface area (Å²) < 4.78 is 64.1. The molecule has 0 aliphatic heterocycles. The van der Waals surface area contributed by atoms with E-state index in [1.165, 1.54) is 56.7 Å². The Hall–Kier alpha value is -2.52. The molecule has 2 N–H and O–H groups in total. The van der Waals surface area contributed by atoms with Crippen LogP contribution in [0.3, 0.4) is 0 Å². The summed E-state index contributed by atoms with van der Waals surface area (Å²) in [4.78, 5) is 10.5. The molecule has 0 spiro atoms. The molecular weight excluding hydrogens is 647 g/mol. The summed E-state index contributed by atoms with van der Waals surface area (Å²) in [6.45, 7) is 5.30. The van der Waals surface area contributed by atoms with Gasteiger partial charge in [-0.1, -0.05) is 103 Å². The number of non-ortho nitro benzene ring substituents is 1. The van der Waals surface area contributed by atoms with Crippen LogP contribution in [-0.4, -0.2) is 43.6 Å². The fourth-order valence-corrected chi connectivity index (χ4v) is 8.72. The van der Waals surface area contributed by atoms with Crippen molar-refractivity contribution in [3.63, 3.8) is 0 Å². The zero-order chi connectivity index (χ0) is 33.4. The molecule has 0 saturated carbocycles. The van der Waals surface area contributed by atoms with Gasteiger partial charge < -0.3 is 0 Å². The number of hydrogen-bond acceptors (Lipinski definition) is 9. The fraction of sp³-hybridized carbons (Fsp3) is 0.625. The number of fused-ring (bicyclic) bond motifs is 1. The molecule has 0 radical (unpaired) electrons. The van der Waals surface area contributed by atoms with Crippen molar-refractivity contribution < 1.29 is 21.8 Å². The van der Waals surface area contributed by atoms with Gasteiger partial charge in [-0.3, -0.25) is 10.1 Å². The number of benzene rings is 2. The minimum Gasteiger partial charge on any atom is -0.258 e. The largest absolute Gasteiger partial charge is 0.270 e. The molecule has 2 atom stereocenters. The first-order chi connectivity index (χ1) is 22.0. The lowest BCUT2D eigenvalue weighted by atomic mass is 9.82. The van der Waals surface area contributed by atoms with Crippen LogP contribution >= 0.6 is 11.7 Å². The van der Waals surface area contributed by atoms with Gasteiger partial charge in [-0.05, 0) is 42.9 Å². The van der Waals surface area contributed by atoms with Crippen LogP contribution in [-0.2, 0) is 20.0 Å². The van der Waals surface area contributed by atoms with Gasteiger partial charge in [-0.2, -0.15) is 8.75 Å². The number of unbranched alkanes of at least 4 members (excludes halogenated alkanes) is 8. The van der Waals surface area contributed by atoms with Crippen LogP contribution in [0.15, 0.2) is 52.3 Å². The third kappa shape index (κ3) is 12.3. The number of sulfonamides is 2. The van der Waals surface area contributed by atoms with E-state index in [-0.39, 0.29) is 15.5 Å². The average Bonchev–Trinajstić information content (AvgIpc) is 3.52. The first-order valence-electron chi connectivity index (χ1n) is 16.5. The third-order valence-electron chi connectivity index (χ3n) is 8.53. The Morgan fingerprint density at radius 2 is 1.39 bits per heavy atom. The van der Waals surface area contributed by atoms with Gasteiger partial charge in [0.1, 0.15) is 15.9 Å². The average molecular weight is 696 g/mol. The van der Waals surface area contributed by atoms with Gasteiger partial charge in [-0.15, -0.1) is 0 Å². The lowest BCUT2D eigenvalue weighted by Gasteiger charge is -2.24. The van der Waals surface area contributed by atoms with Crippen molar-refractivity contribution >= 4 is 48.5 Å². The maximum atomic E-state index is 12.8. The quantitative estimate of drug-likeness (QED) is 0.0550. The molecular formula is C32H49N5O6S3. The minimum absolute atomic E-state index is 0.0891. The molecule has 46 heavy (non-hydrogen) atoms. The van der Waals surface area contributed by atoms with Crippen LogP contribution < -0.4 is 9.44 Å². The molecule has 0 aliphatic rings. The summed E-state index contributed by atoms with van der Waals surface area (Å²) in [7, 11) is -7.40. The smallest absolute Gasteiger partial charge is 0.258 e. The molecule has 1 heterocycles. The number of aromatic nitrogens is 2. The van der Waals surface area contributed by atoms with Crippen LogP contribution in [0.1, 0.15) is 104 Å². The first-order valence-corrected chi connectivity index (χ1v) is 20.2. The highest BCUT2D eigenvalue weighted by Gasteiger charge is 2.20. The van der Waals surface area contributed by atoms with Gasteiger partial charge in [0.15, 0.2) is 0 Å². The van der Waals surface area contributed by atoms with Crippen LogP contribution in [0.5, 0.6) is 0 Å². The summed E-state index contributed by atoms with van der Waals surface area (Å²) >= 11 is 1.01. The van der Waals surface area contributed by atoms with E-state index in [1.54, 1.807) is 18.2 Å². The van der Waals surface area contributed by atoms with Gasteiger partial charge in [0, 0.05) is 25.2 Å². The second-order valence-electron chi connectivity index (χ2n) is 12.1. The minimum atomic E-state index is -3.78. The normalized spacial score (nSPS) is 13.6. The predicted octanol–water partition coefficient (Wildman–Crippen LogP) is 7.59. The Balaban J connectivity index is 1.31. The molecule has 3 rings (SSSR count). The summed E-state index contributed by atoms with van der Waals surface area (Å²) in [6.07, 6.45) is 15.0. The van der Waals surface area contributed by atoms with Crippen LogP contribution in [0, 0.1) is 22.0 Å². The maximum Gasteiger partial charge on any atom is 0.270 e. The molecule has 0 fully saturated rings. The van der Waals surface area contributed by atoms with Crippen LogP contribution in [0.2, 0.25) is 0 Å². The summed E-state index contributed by atoms with van der Waals surface area (Å²) in [5, 5.41) is 11.0. The Labute approximate surface area is 278 Å². The number of hydrogen-bond donors (Lipinski definition) is 2. The molecule has 0 saturated heterocycles. The van der Waals surface area contributed by atoms with E-state index in [4.69, 9.17) is 0 Å². The molecule has 0 aliphatic carbocycles. The van der Waals surface area contributed by atoms with Crippen molar-refractivity contribution in [2.75, 3.05) is 13.1 Å². The maximum absolute atomic E-state index is 12.8. The van der Waals surface area contributed by atoms with E-state index in [0.29, 0.717) is 36.0 Å². The van der Waals surface area contributed by atoms with Gasteiger partial charge >= 0.3 is 0 Å². The summed E-state index contributed by atoms with van der Waals surface area (Å²) in [5.74, 6) is 1.30. The van der Waals surface area contributed by atoms with Gasteiger partial charge in [0.2, 0.25) is 20.0 Å². The highest BCUT2D eigenvalue weighted by Crippen LogP contribution is 2.29. The first kappa shape index (κ1) is 37.9. The predicted molar refractivity (Wildman–Crippen MR) is 184 cm³/mol. The highest BCUT2D eigenvalue weighted by molar-refractivity contribution is 7.90. The molecule has 3 aromatic rings. The van der Waals surface area contributed by atoms with E-state index in [9.17, 15) is 26.9 Å². The zero-order valence-electron chi connectivity index (χ0n) is 27.0. The second kappa shape index (κ2) is 19.3. The van der Waals surface area contributed by atoms with Gasteiger partial charge in [-0.25, -0.2) is 26.3 Å². The van der Waals surface area contributed by atoms with Crippen molar-refractivity contribution in [3.8, 4) is 0 Å². The molecule has 256 valence electrons. The second-order valence-corrected chi connectivity index (χ2v) is 16.1. The van der Waals surface area contributed by atoms with E-state index in [1.807, 2.05) is 0 Å².